The summed E-state index contributed by atoms with van der Waals surface area (Å²) in [5.41, 5.74) is 1.76. The van der Waals surface area contributed by atoms with Crippen molar-refractivity contribution in [3.8, 4) is 11.8 Å². The van der Waals surface area contributed by atoms with Gasteiger partial charge in [-0.2, -0.15) is 5.26 Å². The maximum Gasteiger partial charge on any atom is 0.238 e. The number of amides is 1. The minimum Gasteiger partial charge on any atom is -0.478 e. The van der Waals surface area contributed by atoms with E-state index in [1.54, 1.807) is 42.6 Å². The van der Waals surface area contributed by atoms with E-state index in [1.165, 1.54) is 6.26 Å². The number of rotatable bonds is 6. The van der Waals surface area contributed by atoms with Crippen molar-refractivity contribution >= 4 is 29.2 Å². The van der Waals surface area contributed by atoms with Gasteiger partial charge in [0.1, 0.15) is 23.3 Å². The van der Waals surface area contributed by atoms with Crippen LogP contribution in [0.25, 0.3) is 6.08 Å². The normalized spacial score (nSPS) is 23.3. The molecule has 1 spiro atoms. The highest BCUT2D eigenvalue weighted by molar-refractivity contribution is 6.16. The summed E-state index contributed by atoms with van der Waals surface area (Å²) >= 11 is 0. The van der Waals surface area contributed by atoms with E-state index in [0.29, 0.717) is 11.3 Å². The van der Waals surface area contributed by atoms with Crippen LogP contribution in [0.1, 0.15) is 43.6 Å². The van der Waals surface area contributed by atoms with Crippen LogP contribution in [0.4, 0.5) is 5.69 Å². The maximum absolute atomic E-state index is 14.7. The van der Waals surface area contributed by atoms with Crippen molar-refractivity contribution in [2.24, 2.45) is 5.92 Å². The van der Waals surface area contributed by atoms with Crippen LogP contribution in [0, 0.1) is 17.2 Å². The molecule has 0 saturated carbocycles. The van der Waals surface area contributed by atoms with Gasteiger partial charge in [-0.05, 0) is 53.1 Å². The van der Waals surface area contributed by atoms with Gasteiger partial charge in [-0.25, -0.2) is 0 Å². The lowest BCUT2D eigenvalue weighted by Crippen LogP contribution is -2.49. The summed E-state index contributed by atoms with van der Waals surface area (Å²) in [5, 5.41) is 12.1. The minimum absolute atomic E-state index is 0.0653. The summed E-state index contributed by atoms with van der Waals surface area (Å²) in [4.78, 5) is 45.5. The van der Waals surface area contributed by atoms with E-state index in [1.807, 2.05) is 65.6 Å². The van der Waals surface area contributed by atoms with Gasteiger partial charge in [0.25, 0.3) is 0 Å². The molecule has 3 aliphatic heterocycles. The molecule has 4 atom stereocenters. The number of benzene rings is 3. The van der Waals surface area contributed by atoms with Gasteiger partial charge in [0.05, 0.1) is 23.8 Å². The highest BCUT2D eigenvalue weighted by Crippen LogP contribution is 2.62. The van der Waals surface area contributed by atoms with Gasteiger partial charge in [0.2, 0.25) is 11.7 Å². The first kappa shape index (κ1) is 24.6. The van der Waals surface area contributed by atoms with E-state index in [9.17, 15) is 14.4 Å². The Balaban J connectivity index is 1.52. The fraction of sp³-hybridized carbons (Fsp3) is 0.152. The second-order valence-corrected chi connectivity index (χ2v) is 10.2. The smallest absolute Gasteiger partial charge is 0.238 e. The molecule has 7 rings (SSSR count). The highest BCUT2D eigenvalue weighted by Gasteiger charge is 2.71. The predicted molar refractivity (Wildman–Crippen MR) is 149 cm³/mol. The molecule has 200 valence electrons. The number of fused-ring (bicyclic) bond motifs is 6. The third-order valence-corrected chi connectivity index (χ3v) is 8.33. The van der Waals surface area contributed by atoms with E-state index in [0.717, 1.165) is 11.1 Å². The molecule has 0 bridgehead atoms. The van der Waals surface area contributed by atoms with Gasteiger partial charge < -0.3 is 19.4 Å². The molecule has 4 heterocycles. The largest absolute Gasteiger partial charge is 0.478 e. The molecule has 3 aliphatic rings. The molecule has 8 heteroatoms. The first-order valence-electron chi connectivity index (χ1n) is 13.2. The number of nitriles is 1. The van der Waals surface area contributed by atoms with E-state index < -0.39 is 35.0 Å². The van der Waals surface area contributed by atoms with Gasteiger partial charge in [-0.15, -0.1) is 0 Å². The molecule has 8 nitrogen and oxygen atoms in total. The zero-order valence-corrected chi connectivity index (χ0v) is 21.7. The first-order valence-corrected chi connectivity index (χ1v) is 13.2. The third-order valence-electron chi connectivity index (χ3n) is 8.33. The van der Waals surface area contributed by atoms with Crippen LogP contribution in [0.5, 0.6) is 5.75 Å². The summed E-state index contributed by atoms with van der Waals surface area (Å²) < 4.78 is 11.2. The number of hydrogen-bond acceptors (Lipinski definition) is 7. The van der Waals surface area contributed by atoms with Crippen molar-refractivity contribution in [1.29, 1.82) is 5.26 Å². The molecule has 0 radical (unpaired) electrons. The second kappa shape index (κ2) is 9.35. The monoisotopic (exact) mass is 541 g/mol. The molecule has 4 aromatic rings. The maximum atomic E-state index is 14.7. The molecule has 1 fully saturated rings. The summed E-state index contributed by atoms with van der Waals surface area (Å²) in [6, 6.07) is 25.0. The highest BCUT2D eigenvalue weighted by atomic mass is 16.5. The number of nitrogens with one attached hydrogen (secondary N) is 1. The van der Waals surface area contributed by atoms with Gasteiger partial charge >= 0.3 is 0 Å². The van der Waals surface area contributed by atoms with Crippen LogP contribution < -0.4 is 10.1 Å². The fourth-order valence-corrected chi connectivity index (χ4v) is 6.81. The van der Waals surface area contributed by atoms with Gasteiger partial charge in [0.15, 0.2) is 18.2 Å². The Bertz CT molecular complexity index is 1790. The van der Waals surface area contributed by atoms with Crippen molar-refractivity contribution in [2.75, 3.05) is 11.9 Å². The van der Waals surface area contributed by atoms with Crippen LogP contribution in [0.3, 0.4) is 0 Å². The van der Waals surface area contributed by atoms with E-state index in [2.05, 4.69) is 5.32 Å². The molecule has 4 unspecified atom stereocenters. The Morgan fingerprint density at radius 2 is 1.76 bits per heavy atom. The van der Waals surface area contributed by atoms with Crippen molar-refractivity contribution in [3.05, 3.63) is 125 Å². The number of ketones is 2. The quantitative estimate of drug-likeness (QED) is 0.335. The van der Waals surface area contributed by atoms with Crippen LogP contribution in [-0.2, 0) is 10.2 Å². The van der Waals surface area contributed by atoms with Crippen LogP contribution >= 0.6 is 0 Å². The lowest BCUT2D eigenvalue weighted by molar-refractivity contribution is -0.122. The third kappa shape index (κ3) is 3.42. The molecular weight excluding hydrogens is 518 g/mol. The molecule has 1 N–H and O–H groups in total. The molecular formula is C33H23N3O5. The zero-order chi connectivity index (χ0) is 28.1. The number of carbonyl (C=O) groups is 3. The molecule has 41 heavy (non-hydrogen) atoms. The van der Waals surface area contributed by atoms with Crippen LogP contribution in [0.2, 0.25) is 0 Å². The number of anilines is 1. The van der Waals surface area contributed by atoms with Gasteiger partial charge in [-0.1, -0.05) is 54.6 Å². The van der Waals surface area contributed by atoms with Crippen LogP contribution in [-0.4, -0.2) is 35.0 Å². The van der Waals surface area contributed by atoms with Crippen molar-refractivity contribution in [2.45, 2.75) is 17.5 Å². The lowest BCUT2D eigenvalue weighted by atomic mass is 9.63. The van der Waals surface area contributed by atoms with Crippen LogP contribution in [0.15, 0.2) is 102 Å². The number of hydrogen-bond donors (Lipinski definition) is 1. The molecule has 3 aromatic carbocycles. The molecule has 0 aliphatic carbocycles. The summed E-state index contributed by atoms with van der Waals surface area (Å²) in [6.07, 6.45) is 5.11. The number of nitrogens with zero attached hydrogens (tertiary/aromatic N) is 2. The van der Waals surface area contributed by atoms with Gasteiger partial charge in [0, 0.05) is 11.9 Å². The number of Topliss-reactive ketones (excluding diaryl/α,β-unsaturated/α-hetero) is 2. The standard InChI is InChI=1S/C33H23N3O5/c34-16-19-41-25-13-6-3-10-22(25)29(37)28-27(30(38)26-14-7-18-40-26)33(23-11-4-5-12-24(23)35-32(33)39)31-21-9-2-1-8-20(21)15-17-36(28)31/h1-15,17-18,27-28,31H,19H2,(H,35,39). The van der Waals surface area contributed by atoms with E-state index in [-0.39, 0.29) is 29.6 Å². The Morgan fingerprint density at radius 1 is 0.976 bits per heavy atom. The van der Waals surface area contributed by atoms with E-state index >= 15 is 0 Å². The minimum atomic E-state index is -1.45. The second-order valence-electron chi connectivity index (χ2n) is 10.2. The average molecular weight is 542 g/mol. The topological polar surface area (TPSA) is 113 Å². The predicted octanol–water partition coefficient (Wildman–Crippen LogP) is 5.16. The molecule has 1 aromatic heterocycles. The fourth-order valence-electron chi connectivity index (χ4n) is 6.81. The van der Waals surface area contributed by atoms with E-state index in [4.69, 9.17) is 14.4 Å². The SMILES string of the molecule is N#CCOc1ccccc1C(=O)C1C(C(=O)c2ccco2)C2(C(=O)Nc3ccccc32)C2c3ccccc3C=CN12. The zero-order valence-electron chi connectivity index (χ0n) is 21.7. The number of furan rings is 1. The van der Waals surface area contributed by atoms with Gasteiger partial charge in [-0.3, -0.25) is 14.4 Å². The number of carbonyl (C=O) groups excluding carboxylic acids is 3. The summed E-state index contributed by atoms with van der Waals surface area (Å²) in [7, 11) is 0. The van der Waals surface area contributed by atoms with Crippen molar-refractivity contribution in [3.63, 3.8) is 0 Å². The summed E-state index contributed by atoms with van der Waals surface area (Å²) in [6.45, 7) is -0.247. The Labute approximate surface area is 235 Å². The molecule has 1 amide bonds. The summed E-state index contributed by atoms with van der Waals surface area (Å²) in [5.74, 6) is -2.06. The number of para-hydroxylation sites is 2. The molecule has 1 saturated heterocycles. The van der Waals surface area contributed by atoms with Crippen molar-refractivity contribution < 1.29 is 23.5 Å². The Morgan fingerprint density at radius 3 is 2.59 bits per heavy atom. The van der Waals surface area contributed by atoms with Crippen molar-refractivity contribution in [1.82, 2.24) is 4.90 Å². The Kier molecular flexibility index (Phi) is 5.61. The number of ether oxygens (including phenoxy) is 1. The Hall–Kier alpha value is -5.42. The first-order chi connectivity index (χ1) is 20.1. The lowest BCUT2D eigenvalue weighted by Gasteiger charge is -2.38. The average Bonchev–Trinajstić information content (AvgIpc) is 3.72.